The Hall–Kier alpha value is -3.71. The largest absolute Gasteiger partial charge is 0.457 e. The zero-order valence-corrected chi connectivity index (χ0v) is 19.6. The molecule has 3 N–H and O–H groups in total. The minimum atomic E-state index is 0.0702. The molecule has 1 aliphatic carbocycles. The summed E-state index contributed by atoms with van der Waals surface area (Å²) in [7, 11) is 0. The number of hydrogen-bond donors (Lipinski definition) is 3. The van der Waals surface area contributed by atoms with E-state index in [1.807, 2.05) is 30.5 Å². The number of carbonyl (C=O) groups excluding carboxylic acids is 1. The Morgan fingerprint density at radius 3 is 2.80 bits per heavy atom. The number of amides is 1. The van der Waals surface area contributed by atoms with Crippen LogP contribution in [0, 0.1) is 5.92 Å². The molecule has 1 aromatic carbocycles. The number of anilines is 1. The number of nitrogens with one attached hydrogen (secondary N) is 3. The van der Waals surface area contributed by atoms with Crippen LogP contribution in [-0.4, -0.2) is 27.4 Å². The summed E-state index contributed by atoms with van der Waals surface area (Å²) < 4.78 is 6.38. The third-order valence-electron chi connectivity index (χ3n) is 7.13. The van der Waals surface area contributed by atoms with Crippen molar-refractivity contribution >= 4 is 22.8 Å². The molecule has 0 radical (unpaired) electrons. The number of aromatic nitrogens is 3. The molecule has 0 unspecified atom stereocenters. The first kappa shape index (κ1) is 21.8. The van der Waals surface area contributed by atoms with Crippen LogP contribution in [0.4, 0.5) is 5.82 Å². The fourth-order valence-electron chi connectivity index (χ4n) is 5.25. The molecule has 2 aliphatic rings. The standard InChI is InChI=1S/C28H29N5O2/c34-28(19-4-2-1-3-5-19)33-25-15-20(9-12-30-25)23-17-32-27-26(23)24(10-13-31-27)35-22-7-6-18-8-11-29-16-21(18)14-22/h6-7,9-10,12-15,17,19,29H,1-5,8,11,16H2,(H,31,32)(H,30,33,34). The summed E-state index contributed by atoms with van der Waals surface area (Å²) >= 11 is 0. The summed E-state index contributed by atoms with van der Waals surface area (Å²) in [5.74, 6) is 2.27. The number of H-pyrrole nitrogens is 1. The maximum atomic E-state index is 12.7. The lowest BCUT2D eigenvalue weighted by atomic mass is 9.89. The van der Waals surface area contributed by atoms with E-state index in [1.165, 1.54) is 17.5 Å². The number of ether oxygens (including phenoxy) is 1. The Bertz CT molecular complexity index is 1370. The predicted molar refractivity (Wildman–Crippen MR) is 136 cm³/mol. The van der Waals surface area contributed by atoms with Crippen LogP contribution >= 0.6 is 0 Å². The topological polar surface area (TPSA) is 91.9 Å². The molecule has 1 aliphatic heterocycles. The van der Waals surface area contributed by atoms with Crippen molar-refractivity contribution in [1.29, 1.82) is 0 Å². The summed E-state index contributed by atoms with van der Waals surface area (Å²) in [6, 6.07) is 12.1. The average molecular weight is 468 g/mol. The highest BCUT2D eigenvalue weighted by Crippen LogP contribution is 2.37. The number of benzene rings is 1. The second-order valence-electron chi connectivity index (χ2n) is 9.45. The smallest absolute Gasteiger partial charge is 0.228 e. The van der Waals surface area contributed by atoms with Gasteiger partial charge >= 0.3 is 0 Å². The summed E-state index contributed by atoms with van der Waals surface area (Å²) in [6.07, 6.45) is 11.8. The minimum absolute atomic E-state index is 0.0702. The van der Waals surface area contributed by atoms with E-state index < -0.39 is 0 Å². The van der Waals surface area contributed by atoms with Crippen LogP contribution < -0.4 is 15.4 Å². The van der Waals surface area contributed by atoms with Crippen LogP contribution in [0.3, 0.4) is 0 Å². The van der Waals surface area contributed by atoms with Crippen molar-refractivity contribution in [2.75, 3.05) is 11.9 Å². The lowest BCUT2D eigenvalue weighted by molar-refractivity contribution is -0.120. The molecule has 1 fully saturated rings. The molecule has 7 nitrogen and oxygen atoms in total. The van der Waals surface area contributed by atoms with Crippen molar-refractivity contribution in [1.82, 2.24) is 20.3 Å². The summed E-state index contributed by atoms with van der Waals surface area (Å²) in [6.45, 7) is 1.87. The molecule has 1 saturated carbocycles. The quantitative estimate of drug-likeness (QED) is 0.356. The van der Waals surface area contributed by atoms with E-state index in [0.717, 1.165) is 78.9 Å². The van der Waals surface area contributed by atoms with E-state index in [-0.39, 0.29) is 11.8 Å². The van der Waals surface area contributed by atoms with Crippen LogP contribution in [0.15, 0.2) is 55.0 Å². The maximum absolute atomic E-state index is 12.7. The normalized spacial score (nSPS) is 16.1. The zero-order valence-electron chi connectivity index (χ0n) is 19.6. The second kappa shape index (κ2) is 9.50. The van der Waals surface area contributed by atoms with E-state index in [2.05, 4.69) is 37.7 Å². The molecule has 0 spiro atoms. The van der Waals surface area contributed by atoms with Gasteiger partial charge in [0.25, 0.3) is 0 Å². The van der Waals surface area contributed by atoms with Gasteiger partial charge in [-0.25, -0.2) is 9.97 Å². The lowest BCUT2D eigenvalue weighted by Crippen LogP contribution is -2.25. The highest BCUT2D eigenvalue weighted by molar-refractivity contribution is 5.99. The third kappa shape index (κ3) is 4.51. The van der Waals surface area contributed by atoms with E-state index in [0.29, 0.717) is 5.82 Å². The van der Waals surface area contributed by atoms with Gasteiger partial charge in [0, 0.05) is 36.6 Å². The minimum Gasteiger partial charge on any atom is -0.457 e. The summed E-state index contributed by atoms with van der Waals surface area (Å²) in [5.41, 5.74) is 5.30. The van der Waals surface area contributed by atoms with Gasteiger partial charge in [0.1, 0.15) is 23.0 Å². The fourth-order valence-corrected chi connectivity index (χ4v) is 5.25. The van der Waals surface area contributed by atoms with Gasteiger partial charge in [-0.2, -0.15) is 0 Å². The van der Waals surface area contributed by atoms with Crippen molar-refractivity contribution < 1.29 is 9.53 Å². The van der Waals surface area contributed by atoms with Crippen molar-refractivity contribution in [3.05, 3.63) is 66.1 Å². The molecular formula is C28H29N5O2. The zero-order chi connectivity index (χ0) is 23.6. The Morgan fingerprint density at radius 2 is 1.89 bits per heavy atom. The van der Waals surface area contributed by atoms with Gasteiger partial charge < -0.3 is 20.4 Å². The van der Waals surface area contributed by atoms with Gasteiger partial charge in [-0.15, -0.1) is 0 Å². The maximum Gasteiger partial charge on any atom is 0.228 e. The second-order valence-corrected chi connectivity index (χ2v) is 9.45. The fraction of sp³-hybridized carbons (Fsp3) is 0.321. The number of aromatic amines is 1. The highest BCUT2D eigenvalue weighted by atomic mass is 16.5. The molecule has 0 bridgehead atoms. The van der Waals surface area contributed by atoms with Gasteiger partial charge in [0.15, 0.2) is 0 Å². The molecule has 0 saturated heterocycles. The van der Waals surface area contributed by atoms with Gasteiger partial charge in [0.2, 0.25) is 5.91 Å². The van der Waals surface area contributed by atoms with Gasteiger partial charge in [-0.3, -0.25) is 4.79 Å². The Balaban J connectivity index is 1.30. The van der Waals surface area contributed by atoms with Crippen molar-refractivity contribution in [2.24, 2.45) is 5.92 Å². The molecule has 1 amide bonds. The predicted octanol–water partition coefficient (Wildman–Crippen LogP) is 5.58. The van der Waals surface area contributed by atoms with Crippen LogP contribution in [0.1, 0.15) is 43.2 Å². The molecule has 4 aromatic rings. The highest BCUT2D eigenvalue weighted by Gasteiger charge is 2.22. The summed E-state index contributed by atoms with van der Waals surface area (Å²) in [4.78, 5) is 24.9. The number of nitrogens with zero attached hydrogens (tertiary/aromatic N) is 2. The third-order valence-corrected chi connectivity index (χ3v) is 7.13. The van der Waals surface area contributed by atoms with Gasteiger partial charge in [0.05, 0.1) is 5.39 Å². The number of hydrogen-bond acceptors (Lipinski definition) is 5. The molecule has 6 rings (SSSR count). The van der Waals surface area contributed by atoms with Crippen molar-refractivity contribution in [3.8, 4) is 22.6 Å². The monoisotopic (exact) mass is 467 g/mol. The first-order valence-corrected chi connectivity index (χ1v) is 12.5. The van der Waals surface area contributed by atoms with Crippen LogP contribution in [0.5, 0.6) is 11.5 Å². The number of fused-ring (bicyclic) bond motifs is 2. The van der Waals surface area contributed by atoms with Gasteiger partial charge in [-0.05, 0) is 72.8 Å². The lowest BCUT2D eigenvalue weighted by Gasteiger charge is -2.20. The molecule has 0 atom stereocenters. The SMILES string of the molecule is O=C(Nc1cc(-c2c[nH]c3nccc(Oc4ccc5c(c4)CNCC5)c23)ccn1)C1CCCCC1. The Morgan fingerprint density at radius 1 is 1.00 bits per heavy atom. The van der Waals surface area contributed by atoms with E-state index in [9.17, 15) is 4.79 Å². The Labute approximate surface area is 204 Å². The van der Waals surface area contributed by atoms with E-state index >= 15 is 0 Å². The Kier molecular flexibility index (Phi) is 5.92. The number of pyridine rings is 2. The average Bonchev–Trinajstić information content (AvgIpc) is 3.35. The molecule has 4 heterocycles. The first-order valence-electron chi connectivity index (χ1n) is 12.5. The molecule has 7 heteroatoms. The van der Waals surface area contributed by atoms with Crippen molar-refractivity contribution in [3.63, 3.8) is 0 Å². The van der Waals surface area contributed by atoms with E-state index in [1.54, 1.807) is 12.4 Å². The molecule has 35 heavy (non-hydrogen) atoms. The van der Waals surface area contributed by atoms with E-state index in [4.69, 9.17) is 4.74 Å². The molecular weight excluding hydrogens is 438 g/mol. The molecule has 3 aromatic heterocycles. The number of carbonyl (C=O) groups is 1. The van der Waals surface area contributed by atoms with Gasteiger partial charge in [-0.1, -0.05) is 25.3 Å². The number of rotatable bonds is 5. The van der Waals surface area contributed by atoms with Crippen LogP contribution in [0.2, 0.25) is 0 Å². The molecule has 178 valence electrons. The van der Waals surface area contributed by atoms with Crippen molar-refractivity contribution in [2.45, 2.75) is 45.1 Å². The first-order chi connectivity index (χ1) is 17.2. The van der Waals surface area contributed by atoms with Crippen LogP contribution in [-0.2, 0) is 17.8 Å². The summed E-state index contributed by atoms with van der Waals surface area (Å²) in [5, 5.41) is 7.36. The van der Waals surface area contributed by atoms with Crippen LogP contribution in [0.25, 0.3) is 22.2 Å².